The minimum atomic E-state index is -0.722. The summed E-state index contributed by atoms with van der Waals surface area (Å²) >= 11 is 0. The first-order chi connectivity index (χ1) is 14.5. The van der Waals surface area contributed by atoms with Crippen LogP contribution in [0.3, 0.4) is 0 Å². The predicted molar refractivity (Wildman–Crippen MR) is 112 cm³/mol. The van der Waals surface area contributed by atoms with Gasteiger partial charge in [-0.2, -0.15) is 5.10 Å². The second-order valence-corrected chi connectivity index (χ2v) is 7.67. The fourth-order valence-corrected chi connectivity index (χ4v) is 3.86. The van der Waals surface area contributed by atoms with Crippen molar-refractivity contribution in [1.82, 2.24) is 24.7 Å². The molecule has 9 nitrogen and oxygen atoms in total. The molecule has 0 radical (unpaired) electrons. The van der Waals surface area contributed by atoms with Gasteiger partial charge in [0.15, 0.2) is 11.5 Å². The average molecular weight is 410 g/mol. The number of pyridine rings is 1. The van der Waals surface area contributed by atoms with Gasteiger partial charge in [0.05, 0.1) is 11.6 Å². The van der Waals surface area contributed by atoms with E-state index >= 15 is 0 Å². The maximum Gasteiger partial charge on any atom is 0.306 e. The van der Waals surface area contributed by atoms with E-state index in [4.69, 9.17) is 14.7 Å². The van der Waals surface area contributed by atoms with Crippen LogP contribution in [0.15, 0.2) is 24.7 Å². The van der Waals surface area contributed by atoms with Gasteiger partial charge in [-0.25, -0.2) is 9.97 Å². The molecule has 30 heavy (non-hydrogen) atoms. The summed E-state index contributed by atoms with van der Waals surface area (Å²) in [6, 6.07) is 2.03. The highest BCUT2D eigenvalue weighted by atomic mass is 16.5. The number of aryl methyl sites for hydroxylation is 2. The standard InChI is InChI=1S/C21H26N6O3/c1-26-13-16-10-15(11-23-19(16)25-26)18-20(24-17(12-22-18)4-3-9-30-2)27-7-5-14(6-8-27)21(28)29/h10-14H,3-9H2,1-2H3,(H,28,29). The molecule has 1 saturated heterocycles. The van der Waals surface area contributed by atoms with Crippen molar-refractivity contribution in [3.05, 3.63) is 30.4 Å². The van der Waals surface area contributed by atoms with Gasteiger partial charge in [-0.1, -0.05) is 0 Å². The molecule has 0 aromatic carbocycles. The van der Waals surface area contributed by atoms with E-state index in [-0.39, 0.29) is 5.92 Å². The highest BCUT2D eigenvalue weighted by Crippen LogP contribution is 2.31. The first-order valence-corrected chi connectivity index (χ1v) is 10.2. The molecule has 3 aromatic rings. The van der Waals surface area contributed by atoms with Crippen LogP contribution in [0.25, 0.3) is 22.3 Å². The normalized spacial score (nSPS) is 15.1. The number of ether oxygens (including phenoxy) is 1. The van der Waals surface area contributed by atoms with Crippen LogP contribution in [0.2, 0.25) is 0 Å². The number of rotatable bonds is 7. The lowest BCUT2D eigenvalue weighted by Gasteiger charge is -2.32. The molecule has 0 unspecified atom stereocenters. The minimum Gasteiger partial charge on any atom is -0.481 e. The van der Waals surface area contributed by atoms with Gasteiger partial charge >= 0.3 is 5.97 Å². The summed E-state index contributed by atoms with van der Waals surface area (Å²) in [5.41, 5.74) is 3.23. The van der Waals surface area contributed by atoms with Crippen molar-refractivity contribution in [3.63, 3.8) is 0 Å². The number of carbonyl (C=O) groups is 1. The van der Waals surface area contributed by atoms with Crippen LogP contribution in [-0.4, -0.2) is 62.6 Å². The molecular formula is C21H26N6O3. The van der Waals surface area contributed by atoms with E-state index < -0.39 is 5.97 Å². The second kappa shape index (κ2) is 8.74. The van der Waals surface area contributed by atoms with E-state index in [1.165, 1.54) is 0 Å². The Morgan fingerprint density at radius 1 is 1.27 bits per heavy atom. The van der Waals surface area contributed by atoms with Crippen molar-refractivity contribution in [2.24, 2.45) is 13.0 Å². The molecule has 4 rings (SSSR count). The van der Waals surface area contributed by atoms with Crippen LogP contribution in [0, 0.1) is 5.92 Å². The zero-order valence-corrected chi connectivity index (χ0v) is 17.3. The van der Waals surface area contributed by atoms with E-state index in [1.807, 2.05) is 25.5 Å². The fraction of sp³-hybridized carbons (Fsp3) is 0.476. The topological polar surface area (TPSA) is 106 Å². The molecule has 9 heteroatoms. The number of nitrogens with zero attached hydrogens (tertiary/aromatic N) is 6. The molecule has 0 amide bonds. The number of hydrogen-bond acceptors (Lipinski definition) is 7. The Morgan fingerprint density at radius 2 is 2.07 bits per heavy atom. The number of piperidine rings is 1. The fourth-order valence-electron chi connectivity index (χ4n) is 3.86. The van der Waals surface area contributed by atoms with Gasteiger partial charge in [0.2, 0.25) is 0 Å². The lowest BCUT2D eigenvalue weighted by Crippen LogP contribution is -2.37. The second-order valence-electron chi connectivity index (χ2n) is 7.67. The van der Waals surface area contributed by atoms with Crippen molar-refractivity contribution < 1.29 is 14.6 Å². The monoisotopic (exact) mass is 410 g/mol. The molecule has 0 saturated carbocycles. The smallest absolute Gasteiger partial charge is 0.306 e. The van der Waals surface area contributed by atoms with Crippen LogP contribution in [0.1, 0.15) is 25.0 Å². The largest absolute Gasteiger partial charge is 0.481 e. The van der Waals surface area contributed by atoms with Crippen molar-refractivity contribution in [2.75, 3.05) is 31.7 Å². The van der Waals surface area contributed by atoms with E-state index in [0.29, 0.717) is 38.2 Å². The first kappa shape index (κ1) is 20.2. The molecule has 0 atom stereocenters. The summed E-state index contributed by atoms with van der Waals surface area (Å²) in [6.07, 6.45) is 8.36. The molecule has 0 aliphatic carbocycles. The quantitative estimate of drug-likeness (QED) is 0.592. The predicted octanol–water partition coefficient (Wildman–Crippen LogP) is 2.31. The summed E-state index contributed by atoms with van der Waals surface area (Å²) in [4.78, 5) is 27.6. The summed E-state index contributed by atoms with van der Waals surface area (Å²) < 4.78 is 6.89. The third-order valence-corrected chi connectivity index (χ3v) is 5.48. The van der Waals surface area contributed by atoms with E-state index in [1.54, 1.807) is 18.0 Å². The summed E-state index contributed by atoms with van der Waals surface area (Å²) in [6.45, 7) is 1.95. The number of hydrogen-bond donors (Lipinski definition) is 1. The molecule has 1 N–H and O–H groups in total. The molecule has 1 aliphatic rings. The zero-order chi connectivity index (χ0) is 21.1. The van der Waals surface area contributed by atoms with Gasteiger partial charge in [0.25, 0.3) is 0 Å². The number of fused-ring (bicyclic) bond motifs is 1. The zero-order valence-electron chi connectivity index (χ0n) is 17.3. The van der Waals surface area contributed by atoms with E-state index in [9.17, 15) is 9.90 Å². The number of methoxy groups -OCH3 is 1. The number of anilines is 1. The Kier molecular flexibility index (Phi) is 5.89. The number of aliphatic carboxylic acids is 1. The summed E-state index contributed by atoms with van der Waals surface area (Å²) in [5.74, 6) is -0.227. The molecule has 4 heterocycles. The summed E-state index contributed by atoms with van der Waals surface area (Å²) in [5, 5.41) is 14.6. The van der Waals surface area contributed by atoms with Crippen LogP contribution in [-0.2, 0) is 23.0 Å². The van der Waals surface area contributed by atoms with Crippen LogP contribution in [0.4, 0.5) is 5.82 Å². The van der Waals surface area contributed by atoms with Gasteiger partial charge in [-0.05, 0) is 31.7 Å². The van der Waals surface area contributed by atoms with Crippen LogP contribution in [0.5, 0.6) is 0 Å². The Labute approximate surface area is 174 Å². The van der Waals surface area contributed by atoms with Gasteiger partial charge < -0.3 is 14.7 Å². The number of carboxylic acids is 1. The molecule has 1 aliphatic heterocycles. The Bertz CT molecular complexity index is 1040. The molecule has 1 fully saturated rings. The van der Waals surface area contributed by atoms with Gasteiger partial charge in [0, 0.05) is 63.4 Å². The highest BCUT2D eigenvalue weighted by Gasteiger charge is 2.27. The van der Waals surface area contributed by atoms with E-state index in [2.05, 4.69) is 15.0 Å². The number of aromatic nitrogens is 5. The Balaban J connectivity index is 1.68. The van der Waals surface area contributed by atoms with Gasteiger partial charge in [-0.15, -0.1) is 0 Å². The lowest BCUT2D eigenvalue weighted by atomic mass is 9.97. The molecule has 0 spiro atoms. The summed E-state index contributed by atoms with van der Waals surface area (Å²) in [7, 11) is 3.56. The third-order valence-electron chi connectivity index (χ3n) is 5.48. The molecule has 3 aromatic heterocycles. The number of carboxylic acid groups (broad SMARTS) is 1. The Hall–Kier alpha value is -3.07. The van der Waals surface area contributed by atoms with Crippen molar-refractivity contribution >= 4 is 22.8 Å². The first-order valence-electron chi connectivity index (χ1n) is 10.2. The highest BCUT2D eigenvalue weighted by molar-refractivity contribution is 5.82. The molecule has 158 valence electrons. The van der Waals surface area contributed by atoms with Crippen LogP contribution < -0.4 is 4.90 Å². The average Bonchev–Trinajstić information content (AvgIpc) is 3.13. The van der Waals surface area contributed by atoms with Gasteiger partial charge in [-0.3, -0.25) is 14.5 Å². The van der Waals surface area contributed by atoms with Crippen molar-refractivity contribution in [2.45, 2.75) is 25.7 Å². The van der Waals surface area contributed by atoms with Crippen molar-refractivity contribution in [3.8, 4) is 11.3 Å². The SMILES string of the molecule is COCCCc1cnc(-c2cnc3nn(C)cc3c2)c(N2CCC(C(=O)O)CC2)n1. The lowest BCUT2D eigenvalue weighted by molar-refractivity contribution is -0.142. The molecule has 0 bridgehead atoms. The van der Waals surface area contributed by atoms with Crippen LogP contribution >= 0.6 is 0 Å². The van der Waals surface area contributed by atoms with E-state index in [0.717, 1.165) is 41.0 Å². The van der Waals surface area contributed by atoms with Gasteiger partial charge in [0.1, 0.15) is 5.69 Å². The molecular weight excluding hydrogens is 384 g/mol. The van der Waals surface area contributed by atoms with Crippen molar-refractivity contribution in [1.29, 1.82) is 0 Å². The maximum atomic E-state index is 11.3. The maximum absolute atomic E-state index is 11.3. The third kappa shape index (κ3) is 4.25. The Morgan fingerprint density at radius 3 is 2.80 bits per heavy atom. The minimum absolute atomic E-state index is 0.295.